The minimum Gasteiger partial charge on any atom is -0.309 e. The van der Waals surface area contributed by atoms with Gasteiger partial charge in [0.05, 0.1) is 33.5 Å². The van der Waals surface area contributed by atoms with Crippen molar-refractivity contribution in [3.8, 4) is 170 Å². The second-order valence-electron chi connectivity index (χ2n) is 36.7. The Hall–Kier alpha value is -20.2. The van der Waals surface area contributed by atoms with Gasteiger partial charge in [0.15, 0.2) is 52.4 Å². The molecule has 0 fully saturated rings. The van der Waals surface area contributed by atoms with Gasteiger partial charge in [-0.1, -0.05) is 443 Å². The van der Waals surface area contributed by atoms with Crippen molar-refractivity contribution in [2.24, 2.45) is 0 Å². The van der Waals surface area contributed by atoms with Crippen LogP contribution in [0.1, 0.15) is 0 Å². The van der Waals surface area contributed by atoms with Gasteiger partial charge in [0, 0.05) is 105 Å². The van der Waals surface area contributed by atoms with Gasteiger partial charge in [-0.05, 0) is 161 Å². The lowest BCUT2D eigenvalue weighted by Crippen LogP contribution is -2.01. The van der Waals surface area contributed by atoms with Crippen molar-refractivity contribution < 1.29 is 0 Å². The Kier molecular flexibility index (Phi) is 23.0. The van der Waals surface area contributed by atoms with Gasteiger partial charge >= 0.3 is 0 Å². The van der Waals surface area contributed by atoms with Gasteiger partial charge in [-0.15, -0.1) is 10.2 Å². The number of hydrogen-bond acceptors (Lipinski definition) is 11. The average Bonchev–Trinajstić information content (AvgIpc) is 1.57. The van der Waals surface area contributed by atoms with Crippen LogP contribution >= 0.6 is 0 Å². The first-order valence-corrected chi connectivity index (χ1v) is 49.6. The highest BCUT2D eigenvalue weighted by Crippen LogP contribution is 2.46. The van der Waals surface area contributed by atoms with E-state index in [1.165, 1.54) is 65.2 Å². The summed E-state index contributed by atoms with van der Waals surface area (Å²) in [6.07, 6.45) is 0. The summed E-state index contributed by atoms with van der Waals surface area (Å²) in [7, 11) is 0. The number of hydrogen-bond donors (Lipinski definition) is 0. The molecule has 0 bridgehead atoms. The number of benzene rings is 22. The van der Waals surface area contributed by atoms with E-state index in [0.29, 0.717) is 52.4 Å². The van der Waals surface area contributed by atoms with E-state index in [-0.39, 0.29) is 0 Å². The molecular weight excluding hydrogens is 1800 g/mol. The molecule has 0 spiro atoms. The molecule has 0 aliphatic rings. The third-order valence-electron chi connectivity index (χ3n) is 27.7. The molecule has 6 heterocycles. The second kappa shape index (κ2) is 38.7. The normalized spacial score (nSPS) is 11.4. The summed E-state index contributed by atoms with van der Waals surface area (Å²) in [5.74, 6) is 5.76. The van der Waals surface area contributed by atoms with E-state index in [4.69, 9.17) is 44.9 Å². The Balaban J connectivity index is 0.000000113. The molecule has 0 saturated heterocycles. The first-order valence-electron chi connectivity index (χ1n) is 49.6. The largest absolute Gasteiger partial charge is 0.309 e. The molecule has 6 aromatic heterocycles. The second-order valence-corrected chi connectivity index (χ2v) is 36.7. The lowest BCUT2D eigenvalue weighted by molar-refractivity contribution is 1.04. The van der Waals surface area contributed by atoms with Crippen LogP contribution in [0.4, 0.5) is 0 Å². The van der Waals surface area contributed by atoms with E-state index in [2.05, 4.69) is 323 Å². The summed E-state index contributed by atoms with van der Waals surface area (Å²) < 4.78 is 4.79. The standard InChI is InChI=1S/2C47H30N4.C41H27N5/c1-3-14-33(15-4-1)45-48-46(34-16-5-2-6-17-34)50-47(49-45)41-30-36-19-8-7-18-35(36)29-40(41)32-23-26-37(27-24-32)51-42-22-12-11-21-39(42)44-38-20-10-9-13-31(38)25-28-43(44)51;1-3-14-33(15-4-1)45-48-46(34-16-5-2-6-17-34)50-47(49-45)42-30-36-19-8-7-18-35(36)29-41(42)32-23-26-37(27-24-32)51-43-22-12-11-21-39(43)40-28-25-31-13-9-10-20-38(31)44(40)51;1-4-13-29(14-5-1)36-26-27-37(46-45-36)30-20-22-31(23-21-30)38-34-19-11-10-12-28(34)24-25-35(38)41-43-39(32-15-6-2-7-16-32)42-40(44-41)33-17-8-3-9-18-33/h2*1-30H;1-27H. The Bertz CT molecular complexity index is 9670. The van der Waals surface area contributed by atoms with Gasteiger partial charge in [-0.2, -0.15) is 0 Å². The molecular formula is C135H87N13. The fourth-order valence-electron chi connectivity index (χ4n) is 20.5. The zero-order chi connectivity index (χ0) is 98.2. The van der Waals surface area contributed by atoms with Crippen LogP contribution in [0.2, 0.25) is 0 Å². The fourth-order valence-corrected chi connectivity index (χ4v) is 20.5. The molecule has 13 heteroatoms. The molecule has 0 aliphatic heterocycles. The summed E-state index contributed by atoms with van der Waals surface area (Å²) in [5, 5.41) is 25.9. The Labute approximate surface area is 853 Å². The lowest BCUT2D eigenvalue weighted by Gasteiger charge is -2.15. The highest BCUT2D eigenvalue weighted by Gasteiger charge is 2.26. The van der Waals surface area contributed by atoms with Crippen LogP contribution < -0.4 is 0 Å². The summed E-state index contributed by atoms with van der Waals surface area (Å²) in [6.45, 7) is 0. The number of para-hydroxylation sites is 2. The molecule has 0 amide bonds. The predicted octanol–water partition coefficient (Wildman–Crippen LogP) is 33.7. The Morgan fingerprint density at radius 1 is 0.142 bits per heavy atom. The molecule has 0 radical (unpaired) electrons. The third kappa shape index (κ3) is 17.0. The van der Waals surface area contributed by atoms with E-state index < -0.39 is 0 Å². The molecule has 28 aromatic rings. The van der Waals surface area contributed by atoms with Crippen molar-refractivity contribution in [1.82, 2.24) is 64.2 Å². The van der Waals surface area contributed by atoms with Crippen LogP contribution in [0.3, 0.4) is 0 Å². The smallest absolute Gasteiger partial charge is 0.164 e. The summed E-state index contributed by atoms with van der Waals surface area (Å²) in [4.78, 5) is 45.4. The monoisotopic (exact) mass is 1890 g/mol. The van der Waals surface area contributed by atoms with E-state index in [1.54, 1.807) is 0 Å². The zero-order valence-corrected chi connectivity index (χ0v) is 80.0. The molecule has 0 N–H and O–H groups in total. The SMILES string of the molecule is c1ccc(-c2ccc(-c3ccc(-c4c(-c5nc(-c6ccccc6)nc(-c6ccccc6)n5)ccc5ccccc45)cc3)nn2)cc1.c1ccc(-c2nc(-c3ccccc3)nc(-c3cc4ccccc4cc3-c3ccc(-n4c5ccccc5c5c6ccccc6ccc54)cc3)n2)cc1.c1ccc(-c2nc(-c3ccccc3)nc(-c3cc4ccccc4cc3-c3ccc(-n4c5ccccc5c5ccc6ccccc6c54)cc3)n2)cc1. The van der Waals surface area contributed by atoms with Gasteiger partial charge in [0.1, 0.15) is 0 Å². The first-order chi connectivity index (χ1) is 73.4. The zero-order valence-electron chi connectivity index (χ0n) is 80.0. The highest BCUT2D eigenvalue weighted by molar-refractivity contribution is 6.22. The molecule has 0 saturated carbocycles. The molecule has 148 heavy (non-hydrogen) atoms. The van der Waals surface area contributed by atoms with Crippen molar-refractivity contribution in [3.05, 3.63) is 528 Å². The molecule has 0 aliphatic carbocycles. The number of aromatic nitrogens is 13. The minimum absolute atomic E-state index is 0.625. The lowest BCUT2D eigenvalue weighted by atomic mass is 9.92. The van der Waals surface area contributed by atoms with Crippen LogP contribution in [0, 0.1) is 0 Å². The highest BCUT2D eigenvalue weighted by atomic mass is 15.1. The van der Waals surface area contributed by atoms with E-state index in [1.807, 2.05) is 224 Å². The van der Waals surface area contributed by atoms with Crippen LogP contribution in [-0.4, -0.2) is 64.2 Å². The van der Waals surface area contributed by atoms with Crippen LogP contribution in [-0.2, 0) is 0 Å². The van der Waals surface area contributed by atoms with Gasteiger partial charge in [0.2, 0.25) is 0 Å². The number of nitrogens with zero attached hydrogens (tertiary/aromatic N) is 13. The average molecular weight is 1890 g/mol. The van der Waals surface area contributed by atoms with Crippen molar-refractivity contribution >= 4 is 97.5 Å². The van der Waals surface area contributed by atoms with Gasteiger partial charge < -0.3 is 9.13 Å². The quantitative estimate of drug-likeness (QED) is 0.0909. The van der Waals surface area contributed by atoms with Crippen molar-refractivity contribution in [1.29, 1.82) is 0 Å². The molecule has 0 atom stereocenters. The maximum atomic E-state index is 5.12. The predicted molar refractivity (Wildman–Crippen MR) is 607 cm³/mol. The van der Waals surface area contributed by atoms with E-state index >= 15 is 0 Å². The topological polar surface area (TPSA) is 152 Å². The summed E-state index contributed by atoms with van der Waals surface area (Å²) in [5.41, 5.74) is 25.7. The first kappa shape index (κ1) is 88.1. The van der Waals surface area contributed by atoms with Crippen LogP contribution in [0.15, 0.2) is 528 Å². The van der Waals surface area contributed by atoms with Gasteiger partial charge in [0.25, 0.3) is 0 Å². The molecule has 13 nitrogen and oxygen atoms in total. The van der Waals surface area contributed by atoms with Crippen molar-refractivity contribution in [2.45, 2.75) is 0 Å². The van der Waals surface area contributed by atoms with Gasteiger partial charge in [-0.25, -0.2) is 44.9 Å². The maximum absolute atomic E-state index is 5.12. The summed E-state index contributed by atoms with van der Waals surface area (Å²) >= 11 is 0. The Morgan fingerprint density at radius 3 is 0.845 bits per heavy atom. The number of fused-ring (bicyclic) bond motifs is 13. The van der Waals surface area contributed by atoms with Crippen LogP contribution in [0.25, 0.3) is 267 Å². The van der Waals surface area contributed by atoms with Gasteiger partial charge in [-0.3, -0.25) is 0 Å². The summed E-state index contributed by atoms with van der Waals surface area (Å²) in [6, 6.07) is 183. The van der Waals surface area contributed by atoms with Crippen molar-refractivity contribution in [3.63, 3.8) is 0 Å². The van der Waals surface area contributed by atoms with E-state index in [0.717, 1.165) is 150 Å². The third-order valence-corrected chi connectivity index (χ3v) is 27.7. The molecule has 0 unspecified atom stereocenters. The minimum atomic E-state index is 0.625. The Morgan fingerprint density at radius 2 is 0.426 bits per heavy atom. The van der Waals surface area contributed by atoms with Crippen molar-refractivity contribution in [2.75, 3.05) is 0 Å². The van der Waals surface area contributed by atoms with Crippen LogP contribution in [0.5, 0.6) is 0 Å². The molecule has 22 aromatic carbocycles. The fraction of sp³-hybridized carbons (Fsp3) is 0. The van der Waals surface area contributed by atoms with E-state index in [9.17, 15) is 0 Å². The molecule has 28 rings (SSSR count). The maximum Gasteiger partial charge on any atom is 0.164 e. The number of rotatable bonds is 16. The molecule has 692 valence electrons.